The zero-order valence-electron chi connectivity index (χ0n) is 13.4. The molecule has 0 unspecified atom stereocenters. The number of fused-ring (bicyclic) bond motifs is 1. The molecule has 7 nitrogen and oxygen atoms in total. The second kappa shape index (κ2) is 6.16. The van der Waals surface area contributed by atoms with Gasteiger partial charge in [0, 0.05) is 12.1 Å². The van der Waals surface area contributed by atoms with Crippen molar-refractivity contribution in [2.24, 2.45) is 5.73 Å². The summed E-state index contributed by atoms with van der Waals surface area (Å²) >= 11 is 0.733. The first-order valence-corrected chi connectivity index (χ1v) is 9.77. The minimum atomic E-state index is -3.92. The van der Waals surface area contributed by atoms with Crippen molar-refractivity contribution in [3.05, 3.63) is 45.8 Å². The van der Waals surface area contributed by atoms with Crippen LogP contribution < -0.4 is 10.0 Å². The molecular weight excluding hydrogens is 364 g/mol. The Hall–Kier alpha value is -2.39. The van der Waals surface area contributed by atoms with E-state index in [4.69, 9.17) is 10.8 Å². The van der Waals surface area contributed by atoms with Gasteiger partial charge in [-0.3, -0.25) is 9.10 Å². The topological polar surface area (TPSA) is 118 Å². The molecule has 25 heavy (non-hydrogen) atoms. The summed E-state index contributed by atoms with van der Waals surface area (Å²) in [6, 6.07) is 6.18. The Kier molecular flexibility index (Phi) is 4.29. The van der Waals surface area contributed by atoms with Crippen molar-refractivity contribution >= 4 is 38.9 Å². The van der Waals surface area contributed by atoms with Gasteiger partial charge in [-0.05, 0) is 49.1 Å². The van der Waals surface area contributed by atoms with Gasteiger partial charge in [-0.1, -0.05) is 6.07 Å². The van der Waals surface area contributed by atoms with E-state index in [1.807, 2.05) is 0 Å². The third-order valence-corrected chi connectivity index (χ3v) is 7.59. The highest BCUT2D eigenvalue weighted by Crippen LogP contribution is 2.36. The van der Waals surface area contributed by atoms with Crippen LogP contribution in [0.1, 0.15) is 37.6 Å². The van der Waals surface area contributed by atoms with E-state index in [0.29, 0.717) is 35.2 Å². The molecule has 3 rings (SSSR count). The van der Waals surface area contributed by atoms with Crippen LogP contribution >= 0.6 is 11.3 Å². The van der Waals surface area contributed by atoms with Crippen molar-refractivity contribution in [1.29, 1.82) is 0 Å². The third-order valence-electron chi connectivity index (χ3n) is 4.11. The molecule has 0 atom stereocenters. The Morgan fingerprint density at radius 1 is 1.32 bits per heavy atom. The molecule has 0 aliphatic carbocycles. The summed E-state index contributed by atoms with van der Waals surface area (Å²) in [5.41, 5.74) is 7.13. The van der Waals surface area contributed by atoms with E-state index in [1.165, 1.54) is 10.4 Å². The highest BCUT2D eigenvalue weighted by atomic mass is 32.2. The third kappa shape index (κ3) is 2.89. The molecule has 2 aromatic rings. The van der Waals surface area contributed by atoms with Crippen molar-refractivity contribution in [3.8, 4) is 0 Å². The summed E-state index contributed by atoms with van der Waals surface area (Å²) in [6.45, 7) is 1.82. The van der Waals surface area contributed by atoms with Gasteiger partial charge in [0.1, 0.15) is 9.09 Å². The molecule has 0 saturated heterocycles. The lowest BCUT2D eigenvalue weighted by molar-refractivity contribution is 0.0701. The molecule has 0 saturated carbocycles. The van der Waals surface area contributed by atoms with E-state index < -0.39 is 21.9 Å². The number of aromatic carboxylic acids is 1. The molecule has 1 amide bonds. The molecule has 0 spiro atoms. The fraction of sp³-hybridized carbons (Fsp3) is 0.250. The summed E-state index contributed by atoms with van der Waals surface area (Å²) in [6.07, 6.45) is 1.11. The smallest absolute Gasteiger partial charge is 0.346 e. The number of nitrogens with two attached hydrogens (primary N) is 1. The molecule has 1 aromatic heterocycles. The quantitative estimate of drug-likeness (QED) is 0.841. The van der Waals surface area contributed by atoms with Crippen LogP contribution in [0.3, 0.4) is 0 Å². The van der Waals surface area contributed by atoms with E-state index in [-0.39, 0.29) is 15.6 Å². The molecule has 3 N–H and O–H groups in total. The van der Waals surface area contributed by atoms with E-state index in [0.717, 1.165) is 11.3 Å². The van der Waals surface area contributed by atoms with Gasteiger partial charge in [-0.25, -0.2) is 13.2 Å². The van der Waals surface area contributed by atoms with Crippen molar-refractivity contribution in [2.45, 2.75) is 24.0 Å². The number of benzene rings is 1. The number of aryl methyl sites for hydroxylation is 1. The summed E-state index contributed by atoms with van der Waals surface area (Å²) in [5.74, 6) is -1.75. The maximum Gasteiger partial charge on any atom is 0.346 e. The monoisotopic (exact) mass is 380 g/mol. The number of hydrogen-bond acceptors (Lipinski definition) is 5. The van der Waals surface area contributed by atoms with Crippen LogP contribution in [0.15, 0.2) is 28.5 Å². The number of nitrogens with zero attached hydrogens (tertiary/aromatic N) is 1. The van der Waals surface area contributed by atoms with Crippen LogP contribution in [-0.2, 0) is 16.4 Å². The number of carboxylic acids is 1. The van der Waals surface area contributed by atoms with Gasteiger partial charge >= 0.3 is 5.97 Å². The first kappa shape index (κ1) is 17.4. The van der Waals surface area contributed by atoms with Crippen molar-refractivity contribution in [1.82, 2.24) is 0 Å². The molecule has 1 aliphatic heterocycles. The highest BCUT2D eigenvalue weighted by molar-refractivity contribution is 7.94. The molecule has 1 aliphatic rings. The summed E-state index contributed by atoms with van der Waals surface area (Å²) in [7, 11) is -3.92. The SMILES string of the molecule is Cc1cc(S(=O)(=O)N2CCCc3c(C(N)=O)cccc32)sc1C(=O)O. The maximum atomic E-state index is 13.0. The number of carbonyl (C=O) groups excluding carboxylic acids is 1. The van der Waals surface area contributed by atoms with Gasteiger partial charge in [-0.2, -0.15) is 0 Å². The zero-order chi connectivity index (χ0) is 18.4. The number of primary amides is 1. The molecule has 0 bridgehead atoms. The van der Waals surface area contributed by atoms with Gasteiger partial charge < -0.3 is 10.8 Å². The van der Waals surface area contributed by atoms with Crippen LogP contribution in [0.2, 0.25) is 0 Å². The fourth-order valence-corrected chi connectivity index (χ4v) is 6.00. The van der Waals surface area contributed by atoms with E-state index in [2.05, 4.69) is 0 Å². The van der Waals surface area contributed by atoms with Gasteiger partial charge in [0.05, 0.1) is 5.69 Å². The predicted molar refractivity (Wildman–Crippen MR) is 93.8 cm³/mol. The van der Waals surface area contributed by atoms with Crippen LogP contribution in [0, 0.1) is 6.92 Å². The number of rotatable bonds is 4. The largest absolute Gasteiger partial charge is 0.477 e. The molecule has 2 heterocycles. The summed E-state index contributed by atoms with van der Waals surface area (Å²) in [4.78, 5) is 22.8. The number of carbonyl (C=O) groups is 2. The van der Waals surface area contributed by atoms with Crippen LogP contribution in [0.5, 0.6) is 0 Å². The lowest BCUT2D eigenvalue weighted by Crippen LogP contribution is -2.36. The van der Waals surface area contributed by atoms with Gasteiger partial charge in [0.15, 0.2) is 0 Å². The van der Waals surface area contributed by atoms with Crippen molar-refractivity contribution in [3.63, 3.8) is 0 Å². The average Bonchev–Trinajstić information content (AvgIpc) is 2.96. The standard InChI is InChI=1S/C16H16N2O5S2/c1-9-8-13(24-14(9)16(20)21)25(22,23)18-7-3-5-10-11(15(17)19)4-2-6-12(10)18/h2,4,6,8H,3,5,7H2,1H3,(H2,17,19)(H,20,21). The first-order valence-electron chi connectivity index (χ1n) is 7.51. The Labute approximate surface area is 148 Å². The normalized spacial score (nSPS) is 14.2. The Morgan fingerprint density at radius 3 is 2.64 bits per heavy atom. The van der Waals surface area contributed by atoms with Crippen molar-refractivity contribution in [2.75, 3.05) is 10.8 Å². The minimum absolute atomic E-state index is 0.00157. The molecule has 132 valence electrons. The van der Waals surface area contributed by atoms with E-state index in [1.54, 1.807) is 25.1 Å². The van der Waals surface area contributed by atoms with Crippen LogP contribution in [0.25, 0.3) is 0 Å². The Bertz CT molecular complexity index is 978. The summed E-state index contributed by atoms with van der Waals surface area (Å²) in [5, 5.41) is 9.16. The summed E-state index contributed by atoms with van der Waals surface area (Å²) < 4.78 is 27.3. The fourth-order valence-electron chi connectivity index (χ4n) is 2.97. The van der Waals surface area contributed by atoms with E-state index in [9.17, 15) is 18.0 Å². The van der Waals surface area contributed by atoms with Gasteiger partial charge in [-0.15, -0.1) is 11.3 Å². The number of sulfonamides is 1. The number of carboxylic acid groups (broad SMARTS) is 1. The minimum Gasteiger partial charge on any atom is -0.477 e. The lowest BCUT2D eigenvalue weighted by atomic mass is 9.97. The molecular formula is C16H16N2O5S2. The lowest BCUT2D eigenvalue weighted by Gasteiger charge is -2.30. The Morgan fingerprint density at radius 2 is 2.04 bits per heavy atom. The van der Waals surface area contributed by atoms with Gasteiger partial charge in [0.2, 0.25) is 5.91 Å². The number of amides is 1. The van der Waals surface area contributed by atoms with Gasteiger partial charge in [0.25, 0.3) is 10.0 Å². The first-order chi connectivity index (χ1) is 11.7. The molecule has 0 radical (unpaired) electrons. The number of anilines is 1. The van der Waals surface area contributed by atoms with E-state index >= 15 is 0 Å². The number of thiophene rings is 1. The Balaban J connectivity index is 2.12. The number of hydrogen-bond donors (Lipinski definition) is 2. The van der Waals surface area contributed by atoms with Crippen LogP contribution in [0.4, 0.5) is 5.69 Å². The average molecular weight is 380 g/mol. The predicted octanol–water partition coefficient (Wildman–Crippen LogP) is 2.00. The second-order valence-electron chi connectivity index (χ2n) is 5.73. The molecule has 9 heteroatoms. The zero-order valence-corrected chi connectivity index (χ0v) is 15.0. The second-order valence-corrected chi connectivity index (χ2v) is 8.87. The van der Waals surface area contributed by atoms with Crippen LogP contribution in [-0.4, -0.2) is 31.9 Å². The highest BCUT2D eigenvalue weighted by Gasteiger charge is 2.33. The maximum absolute atomic E-state index is 13.0. The molecule has 1 aromatic carbocycles. The molecule has 0 fully saturated rings. The van der Waals surface area contributed by atoms with Crippen molar-refractivity contribution < 1.29 is 23.1 Å².